The maximum Gasteiger partial charge on any atom is 0.254 e. The van der Waals surface area contributed by atoms with Crippen molar-refractivity contribution in [2.75, 3.05) is 33.5 Å². The first kappa shape index (κ1) is 13.5. The van der Waals surface area contributed by atoms with Gasteiger partial charge in [-0.25, -0.2) is 4.39 Å². The van der Waals surface area contributed by atoms with Gasteiger partial charge in [0.25, 0.3) is 5.91 Å². The first-order chi connectivity index (χ1) is 8.25. The van der Waals surface area contributed by atoms with Gasteiger partial charge in [0, 0.05) is 19.9 Å². The van der Waals surface area contributed by atoms with E-state index in [1.165, 1.54) is 12.3 Å². The third-order valence-electron chi connectivity index (χ3n) is 1.98. The van der Waals surface area contributed by atoms with Gasteiger partial charge in [0.05, 0.1) is 31.6 Å². The lowest BCUT2D eigenvalue weighted by Gasteiger charge is -2.06. The van der Waals surface area contributed by atoms with E-state index in [-0.39, 0.29) is 5.56 Å². The van der Waals surface area contributed by atoms with Crippen molar-refractivity contribution in [1.29, 1.82) is 0 Å². The average molecular weight is 242 g/mol. The maximum absolute atomic E-state index is 13.1. The number of pyridine rings is 1. The van der Waals surface area contributed by atoms with Crippen LogP contribution in [0.25, 0.3) is 0 Å². The summed E-state index contributed by atoms with van der Waals surface area (Å²) in [5.41, 5.74) is -0.0168. The monoisotopic (exact) mass is 242 g/mol. The fourth-order valence-corrected chi connectivity index (χ4v) is 1.14. The summed E-state index contributed by atoms with van der Waals surface area (Å²) in [7, 11) is 1.58. The van der Waals surface area contributed by atoms with Crippen LogP contribution in [0, 0.1) is 5.82 Å². The van der Waals surface area contributed by atoms with E-state index in [0.717, 1.165) is 6.20 Å². The molecule has 0 aliphatic heterocycles. The van der Waals surface area contributed by atoms with Crippen molar-refractivity contribution >= 4 is 5.91 Å². The number of aromatic nitrogens is 1. The molecule has 0 spiro atoms. The Balaban J connectivity index is 2.24. The second kappa shape index (κ2) is 7.70. The third kappa shape index (κ3) is 4.88. The highest BCUT2D eigenvalue weighted by atomic mass is 19.1. The van der Waals surface area contributed by atoms with E-state index in [0.29, 0.717) is 26.4 Å². The van der Waals surface area contributed by atoms with Gasteiger partial charge in [0.1, 0.15) is 0 Å². The topological polar surface area (TPSA) is 60.5 Å². The standard InChI is InChI=1S/C11H15FN2O3/c1-16-6-7-17-5-4-14-11(15)9-2-3-13-8-10(9)12/h2-3,8H,4-7H2,1H3,(H,14,15). The fraction of sp³-hybridized carbons (Fsp3) is 0.455. The zero-order valence-corrected chi connectivity index (χ0v) is 9.61. The molecule has 0 aliphatic carbocycles. The van der Waals surface area contributed by atoms with E-state index in [1.54, 1.807) is 7.11 Å². The van der Waals surface area contributed by atoms with Crippen LogP contribution in [0.1, 0.15) is 10.4 Å². The minimum absolute atomic E-state index is 0.0168. The molecule has 0 atom stereocenters. The minimum atomic E-state index is -0.634. The number of carbonyl (C=O) groups is 1. The molecular formula is C11H15FN2O3. The molecule has 5 nitrogen and oxygen atoms in total. The van der Waals surface area contributed by atoms with Gasteiger partial charge in [-0.1, -0.05) is 0 Å². The van der Waals surface area contributed by atoms with Gasteiger partial charge in [0.2, 0.25) is 0 Å². The summed E-state index contributed by atoms with van der Waals surface area (Å²) < 4.78 is 23.1. The van der Waals surface area contributed by atoms with Crippen LogP contribution in [-0.2, 0) is 9.47 Å². The van der Waals surface area contributed by atoms with Crippen LogP contribution in [-0.4, -0.2) is 44.4 Å². The highest BCUT2D eigenvalue weighted by molar-refractivity contribution is 5.94. The van der Waals surface area contributed by atoms with Gasteiger partial charge >= 0.3 is 0 Å². The van der Waals surface area contributed by atoms with Crippen molar-refractivity contribution in [3.05, 3.63) is 29.8 Å². The average Bonchev–Trinajstić information content (AvgIpc) is 2.34. The zero-order chi connectivity index (χ0) is 12.5. The molecule has 0 fully saturated rings. The van der Waals surface area contributed by atoms with Crippen molar-refractivity contribution in [1.82, 2.24) is 10.3 Å². The number of hydrogen-bond donors (Lipinski definition) is 1. The van der Waals surface area contributed by atoms with Crippen molar-refractivity contribution in [3.63, 3.8) is 0 Å². The molecule has 1 N–H and O–H groups in total. The molecule has 1 aromatic rings. The van der Waals surface area contributed by atoms with E-state index in [1.807, 2.05) is 0 Å². The van der Waals surface area contributed by atoms with Crippen LogP contribution in [0.3, 0.4) is 0 Å². The molecule has 6 heteroatoms. The van der Waals surface area contributed by atoms with Crippen LogP contribution in [0.2, 0.25) is 0 Å². The molecule has 94 valence electrons. The summed E-state index contributed by atoms with van der Waals surface area (Å²) in [6.45, 7) is 1.66. The summed E-state index contributed by atoms with van der Waals surface area (Å²) in [5.74, 6) is -1.11. The Morgan fingerprint density at radius 1 is 1.47 bits per heavy atom. The van der Waals surface area contributed by atoms with Crippen molar-refractivity contribution in [2.45, 2.75) is 0 Å². The predicted octanol–water partition coefficient (Wildman–Crippen LogP) is 0.613. The molecule has 0 unspecified atom stereocenters. The molecule has 1 heterocycles. The Bertz CT molecular complexity index is 360. The third-order valence-corrected chi connectivity index (χ3v) is 1.98. The maximum atomic E-state index is 13.1. The summed E-state index contributed by atoms with van der Waals surface area (Å²) in [5, 5.41) is 2.54. The Morgan fingerprint density at radius 2 is 2.29 bits per heavy atom. The van der Waals surface area contributed by atoms with Gasteiger partial charge in [-0.05, 0) is 6.07 Å². The molecule has 0 saturated heterocycles. The number of methoxy groups -OCH3 is 1. The Kier molecular flexibility index (Phi) is 6.13. The summed E-state index contributed by atoms with van der Waals surface area (Å²) in [4.78, 5) is 15.1. The summed E-state index contributed by atoms with van der Waals surface area (Å²) >= 11 is 0. The van der Waals surface area contributed by atoms with Gasteiger partial charge in [-0.3, -0.25) is 9.78 Å². The van der Waals surface area contributed by atoms with Crippen LogP contribution in [0.15, 0.2) is 18.5 Å². The van der Waals surface area contributed by atoms with Crippen LogP contribution < -0.4 is 5.32 Å². The highest BCUT2D eigenvalue weighted by Crippen LogP contribution is 2.03. The van der Waals surface area contributed by atoms with E-state index < -0.39 is 11.7 Å². The largest absolute Gasteiger partial charge is 0.382 e. The minimum Gasteiger partial charge on any atom is -0.382 e. The zero-order valence-electron chi connectivity index (χ0n) is 9.61. The lowest BCUT2D eigenvalue weighted by molar-refractivity contribution is 0.0692. The van der Waals surface area contributed by atoms with Crippen molar-refractivity contribution in [2.24, 2.45) is 0 Å². The van der Waals surface area contributed by atoms with E-state index in [9.17, 15) is 9.18 Å². The molecule has 1 amide bonds. The molecule has 0 saturated carbocycles. The molecule has 0 aliphatic rings. The van der Waals surface area contributed by atoms with E-state index in [2.05, 4.69) is 10.3 Å². The number of rotatable bonds is 7. The molecule has 0 aromatic carbocycles. The number of carbonyl (C=O) groups excluding carboxylic acids is 1. The lowest BCUT2D eigenvalue weighted by atomic mass is 10.2. The Labute approximate surface area is 98.9 Å². The van der Waals surface area contributed by atoms with E-state index >= 15 is 0 Å². The molecule has 1 aromatic heterocycles. The smallest absolute Gasteiger partial charge is 0.254 e. The van der Waals surface area contributed by atoms with Crippen LogP contribution >= 0.6 is 0 Å². The Hall–Kier alpha value is -1.53. The highest BCUT2D eigenvalue weighted by Gasteiger charge is 2.09. The van der Waals surface area contributed by atoms with Crippen molar-refractivity contribution < 1.29 is 18.7 Å². The normalized spacial score (nSPS) is 10.2. The first-order valence-electron chi connectivity index (χ1n) is 5.20. The molecule has 17 heavy (non-hydrogen) atoms. The molecule has 0 bridgehead atoms. The lowest BCUT2D eigenvalue weighted by Crippen LogP contribution is -2.28. The van der Waals surface area contributed by atoms with Crippen molar-refractivity contribution in [3.8, 4) is 0 Å². The number of halogens is 1. The number of nitrogens with zero attached hydrogens (tertiary/aromatic N) is 1. The van der Waals surface area contributed by atoms with Gasteiger partial charge in [0.15, 0.2) is 5.82 Å². The SMILES string of the molecule is COCCOCCNC(=O)c1ccncc1F. The van der Waals surface area contributed by atoms with Crippen LogP contribution in [0.4, 0.5) is 4.39 Å². The summed E-state index contributed by atoms with van der Waals surface area (Å²) in [6, 6.07) is 1.33. The van der Waals surface area contributed by atoms with Gasteiger partial charge in [-0.2, -0.15) is 0 Å². The number of amides is 1. The van der Waals surface area contributed by atoms with Gasteiger partial charge < -0.3 is 14.8 Å². The Morgan fingerprint density at radius 3 is 3.00 bits per heavy atom. The molecular weight excluding hydrogens is 227 g/mol. The number of hydrogen-bond acceptors (Lipinski definition) is 4. The number of nitrogens with one attached hydrogen (secondary N) is 1. The first-order valence-corrected chi connectivity index (χ1v) is 5.20. The number of ether oxygens (including phenoxy) is 2. The molecule has 0 radical (unpaired) electrons. The predicted molar refractivity (Wildman–Crippen MR) is 59.2 cm³/mol. The second-order valence-electron chi connectivity index (χ2n) is 3.22. The second-order valence-corrected chi connectivity index (χ2v) is 3.22. The molecule has 1 rings (SSSR count). The quantitative estimate of drug-likeness (QED) is 0.712. The van der Waals surface area contributed by atoms with E-state index in [4.69, 9.17) is 9.47 Å². The van der Waals surface area contributed by atoms with Gasteiger partial charge in [-0.15, -0.1) is 0 Å². The fourth-order valence-electron chi connectivity index (χ4n) is 1.14. The summed E-state index contributed by atoms with van der Waals surface area (Å²) in [6.07, 6.45) is 2.37. The van der Waals surface area contributed by atoms with Crippen LogP contribution in [0.5, 0.6) is 0 Å².